The third-order valence-electron chi connectivity index (χ3n) is 4.55. The molecule has 1 fully saturated rings. The number of piperazine rings is 1. The molecule has 7 nitrogen and oxygen atoms in total. The second kappa shape index (κ2) is 6.87. The second-order valence-corrected chi connectivity index (χ2v) is 6.12. The molecular formula is C19H19N4O3+. The lowest BCUT2D eigenvalue weighted by Crippen LogP contribution is -2.52. The molecule has 1 aliphatic rings. The van der Waals surface area contributed by atoms with Gasteiger partial charge in [-0.3, -0.25) is 9.32 Å². The summed E-state index contributed by atoms with van der Waals surface area (Å²) >= 11 is 0. The van der Waals surface area contributed by atoms with E-state index in [0.29, 0.717) is 18.8 Å². The molecule has 7 heteroatoms. The van der Waals surface area contributed by atoms with Crippen LogP contribution in [0.2, 0.25) is 0 Å². The Hall–Kier alpha value is -3.35. The number of amides is 1. The molecule has 132 valence electrons. The number of para-hydroxylation sites is 2. The normalized spacial score (nSPS) is 14.5. The largest absolute Gasteiger partial charge is 0.441 e. The van der Waals surface area contributed by atoms with Crippen molar-refractivity contribution in [3.8, 4) is 5.69 Å². The van der Waals surface area contributed by atoms with Gasteiger partial charge in [0.1, 0.15) is 0 Å². The molecule has 1 amide bonds. The van der Waals surface area contributed by atoms with Gasteiger partial charge in [0, 0.05) is 44.0 Å². The van der Waals surface area contributed by atoms with Crippen molar-refractivity contribution < 1.29 is 14.0 Å². The average molecular weight is 351 g/mol. The molecule has 1 aromatic heterocycles. The van der Waals surface area contributed by atoms with Crippen molar-refractivity contribution in [2.24, 2.45) is 0 Å². The maximum Gasteiger partial charge on any atom is 0.441 e. The van der Waals surface area contributed by atoms with E-state index in [1.165, 1.54) is 4.68 Å². The first kappa shape index (κ1) is 16.1. The highest BCUT2D eigenvalue weighted by Crippen LogP contribution is 2.16. The zero-order valence-electron chi connectivity index (χ0n) is 14.2. The lowest BCUT2D eigenvalue weighted by molar-refractivity contribution is -0.672. The van der Waals surface area contributed by atoms with Crippen molar-refractivity contribution in [3.63, 3.8) is 0 Å². The lowest BCUT2D eigenvalue weighted by atomic mass is 10.2. The average Bonchev–Trinajstić information content (AvgIpc) is 3.10. The molecule has 4 rings (SSSR count). The monoisotopic (exact) mass is 351 g/mol. The quantitative estimate of drug-likeness (QED) is 0.720. The molecule has 0 bridgehead atoms. The van der Waals surface area contributed by atoms with Gasteiger partial charge in [0.05, 0.1) is 0 Å². The second-order valence-electron chi connectivity index (χ2n) is 6.12. The highest BCUT2D eigenvalue weighted by molar-refractivity contribution is 5.90. The third-order valence-corrected chi connectivity index (χ3v) is 4.55. The fraction of sp³-hybridized carbons (Fsp3) is 0.211. The summed E-state index contributed by atoms with van der Waals surface area (Å²) in [5.41, 5.74) is 1.14. The molecule has 1 aliphatic heterocycles. The maximum atomic E-state index is 12.9. The highest BCUT2D eigenvalue weighted by Gasteiger charge is 2.35. The number of hydrogen-bond donors (Lipinski definition) is 1. The van der Waals surface area contributed by atoms with Crippen LogP contribution < -0.4 is 15.2 Å². The van der Waals surface area contributed by atoms with E-state index in [1.807, 2.05) is 36.4 Å². The fourth-order valence-electron chi connectivity index (χ4n) is 3.17. The number of H-pyrrole nitrogens is 1. The summed E-state index contributed by atoms with van der Waals surface area (Å²) in [7, 11) is 0. The Balaban J connectivity index is 1.53. The summed E-state index contributed by atoms with van der Waals surface area (Å²) in [5, 5.41) is 2.52. The van der Waals surface area contributed by atoms with Crippen molar-refractivity contribution in [2.75, 3.05) is 31.1 Å². The van der Waals surface area contributed by atoms with Crippen molar-refractivity contribution in [1.82, 2.24) is 10.2 Å². The molecule has 1 saturated heterocycles. The maximum absolute atomic E-state index is 12.9. The Bertz CT molecular complexity index is 942. The van der Waals surface area contributed by atoms with Crippen LogP contribution in [-0.4, -0.2) is 42.3 Å². The van der Waals surface area contributed by atoms with Gasteiger partial charge in [0.2, 0.25) is 5.69 Å². The van der Waals surface area contributed by atoms with Gasteiger partial charge in [0.25, 0.3) is 0 Å². The van der Waals surface area contributed by atoms with Crippen LogP contribution >= 0.6 is 0 Å². The minimum Gasteiger partial charge on any atom is -0.368 e. The van der Waals surface area contributed by atoms with E-state index >= 15 is 0 Å². The molecule has 0 saturated carbocycles. The summed E-state index contributed by atoms with van der Waals surface area (Å²) in [6.45, 7) is 2.54. The van der Waals surface area contributed by atoms with E-state index in [2.05, 4.69) is 22.3 Å². The SMILES string of the molecule is O=C(c1c(=O)o[nH][n+]1-c1ccccc1)N1CCN(c2ccccc2)CC1. The Morgan fingerprint density at radius 2 is 1.54 bits per heavy atom. The number of aromatic amines is 1. The van der Waals surface area contributed by atoms with E-state index < -0.39 is 5.63 Å². The van der Waals surface area contributed by atoms with Gasteiger partial charge < -0.3 is 9.80 Å². The summed E-state index contributed by atoms with van der Waals surface area (Å²) in [6, 6.07) is 19.2. The van der Waals surface area contributed by atoms with Gasteiger partial charge >= 0.3 is 17.2 Å². The molecule has 0 atom stereocenters. The van der Waals surface area contributed by atoms with Gasteiger partial charge in [-0.2, -0.15) is 0 Å². The van der Waals surface area contributed by atoms with E-state index in [0.717, 1.165) is 18.8 Å². The number of carbonyl (C=O) groups excluding carboxylic acids is 1. The smallest absolute Gasteiger partial charge is 0.368 e. The molecule has 0 aliphatic carbocycles. The van der Waals surface area contributed by atoms with Crippen LogP contribution in [0.25, 0.3) is 5.69 Å². The van der Waals surface area contributed by atoms with Crippen LogP contribution in [0.3, 0.4) is 0 Å². The summed E-state index contributed by atoms with van der Waals surface area (Å²) in [5.74, 6) is -0.323. The van der Waals surface area contributed by atoms with E-state index in [9.17, 15) is 9.59 Å². The predicted octanol–water partition coefficient (Wildman–Crippen LogP) is 1.21. The van der Waals surface area contributed by atoms with Gasteiger partial charge in [-0.15, -0.1) is 0 Å². The van der Waals surface area contributed by atoms with Crippen LogP contribution in [0, 0.1) is 0 Å². The fourth-order valence-corrected chi connectivity index (χ4v) is 3.17. The van der Waals surface area contributed by atoms with Crippen LogP contribution in [0.5, 0.6) is 0 Å². The molecule has 3 aromatic rings. The van der Waals surface area contributed by atoms with E-state index in [4.69, 9.17) is 4.52 Å². The Morgan fingerprint density at radius 1 is 0.923 bits per heavy atom. The molecular weight excluding hydrogens is 332 g/mol. The molecule has 0 radical (unpaired) electrons. The van der Waals surface area contributed by atoms with Crippen molar-refractivity contribution >= 4 is 11.6 Å². The first-order chi connectivity index (χ1) is 12.7. The van der Waals surface area contributed by atoms with Crippen molar-refractivity contribution in [3.05, 3.63) is 76.8 Å². The molecule has 2 heterocycles. The lowest BCUT2D eigenvalue weighted by Gasteiger charge is -2.35. The summed E-state index contributed by atoms with van der Waals surface area (Å²) in [6.07, 6.45) is 0. The molecule has 26 heavy (non-hydrogen) atoms. The van der Waals surface area contributed by atoms with Crippen LogP contribution in [0.4, 0.5) is 5.69 Å². The number of nitrogens with zero attached hydrogens (tertiary/aromatic N) is 3. The number of hydrogen-bond acceptors (Lipinski definition) is 4. The molecule has 1 N–H and O–H groups in total. The van der Waals surface area contributed by atoms with Gasteiger partial charge in [-0.05, 0) is 22.1 Å². The van der Waals surface area contributed by atoms with Crippen LogP contribution in [-0.2, 0) is 0 Å². The van der Waals surface area contributed by atoms with Gasteiger partial charge in [-0.1, -0.05) is 36.4 Å². The standard InChI is InChI=1S/C19H18N4O3/c24-18(17-19(25)26-20-23(17)16-9-5-2-6-10-16)22-13-11-21(12-14-22)15-7-3-1-4-8-15/h1-10H,11-14H2/p+1. The zero-order chi connectivity index (χ0) is 17.9. The number of rotatable bonds is 3. The Labute approximate surface area is 150 Å². The molecule has 2 aromatic carbocycles. The molecule has 0 spiro atoms. The minimum atomic E-state index is -0.663. The third kappa shape index (κ3) is 2.99. The van der Waals surface area contributed by atoms with E-state index in [1.54, 1.807) is 17.0 Å². The zero-order valence-corrected chi connectivity index (χ0v) is 14.2. The van der Waals surface area contributed by atoms with Gasteiger partial charge in [-0.25, -0.2) is 4.79 Å². The summed E-state index contributed by atoms with van der Waals surface area (Å²) < 4.78 is 6.27. The van der Waals surface area contributed by atoms with E-state index in [-0.39, 0.29) is 11.6 Å². The highest BCUT2D eigenvalue weighted by atomic mass is 16.5. The number of aromatic nitrogens is 2. The van der Waals surface area contributed by atoms with Gasteiger partial charge in [0.15, 0.2) is 0 Å². The van der Waals surface area contributed by atoms with Crippen molar-refractivity contribution in [1.29, 1.82) is 0 Å². The summed E-state index contributed by atoms with van der Waals surface area (Å²) in [4.78, 5) is 29.0. The van der Waals surface area contributed by atoms with Crippen LogP contribution in [0.1, 0.15) is 10.5 Å². The Morgan fingerprint density at radius 3 is 2.19 bits per heavy atom. The number of carbonyl (C=O) groups is 1. The number of benzene rings is 2. The topological polar surface area (TPSA) is 73.4 Å². The first-order valence-corrected chi connectivity index (χ1v) is 8.52. The number of nitrogens with one attached hydrogen (secondary N) is 1. The first-order valence-electron chi connectivity index (χ1n) is 8.52. The van der Waals surface area contributed by atoms with Crippen molar-refractivity contribution in [2.45, 2.75) is 0 Å². The molecule has 0 unspecified atom stereocenters. The predicted molar refractivity (Wildman–Crippen MR) is 95.4 cm³/mol. The Kier molecular flexibility index (Phi) is 4.27. The number of anilines is 1. The minimum absolute atomic E-state index is 0.00985. The van der Waals surface area contributed by atoms with Crippen LogP contribution in [0.15, 0.2) is 70.0 Å².